The van der Waals surface area contributed by atoms with Gasteiger partial charge in [-0.05, 0) is 0 Å². The minimum Gasteiger partial charge on any atom is -0.449 e. The molecule has 1 aromatic rings. The molecule has 1 aromatic heterocycles. The van der Waals surface area contributed by atoms with Gasteiger partial charge in [-0.15, -0.1) is 0 Å². The van der Waals surface area contributed by atoms with Crippen molar-refractivity contribution in [2.45, 2.75) is 0 Å². The zero-order valence-electron chi connectivity index (χ0n) is 5.27. The molecule has 6 nitrogen and oxygen atoms in total. The Kier molecular flexibility index (Phi) is 1.86. The fourth-order valence-corrected chi connectivity index (χ4v) is 0.501. The summed E-state index contributed by atoms with van der Waals surface area (Å²) in [5.41, 5.74) is 0.0763. The summed E-state index contributed by atoms with van der Waals surface area (Å²) in [7, 11) is 0. The normalized spacial score (nSPS) is 9.09. The monoisotopic (exact) mass is 156 g/mol. The predicted octanol–water partition coefficient (Wildman–Crippen LogP) is 0.245. The van der Waals surface area contributed by atoms with Crippen molar-refractivity contribution in [2.24, 2.45) is 0 Å². The van der Waals surface area contributed by atoms with Gasteiger partial charge in [0.05, 0.1) is 11.8 Å². The number of carbonyl (C=O) groups is 2. The number of carbonyl (C=O) groups excluding carboxylic acids is 1. The highest BCUT2D eigenvalue weighted by Crippen LogP contribution is 1.96. The largest absolute Gasteiger partial charge is 0.513 e. The zero-order valence-corrected chi connectivity index (χ0v) is 5.27. The highest BCUT2D eigenvalue weighted by molar-refractivity contribution is 5.94. The van der Waals surface area contributed by atoms with Crippen molar-refractivity contribution in [1.82, 2.24) is 10.2 Å². The zero-order chi connectivity index (χ0) is 8.27. The highest BCUT2D eigenvalue weighted by atomic mass is 16.7. The molecule has 0 aromatic carbocycles. The number of H-pyrrole nitrogens is 1. The number of ether oxygens (including phenoxy) is 1. The molecule has 2 N–H and O–H groups in total. The molecule has 0 radical (unpaired) electrons. The molecule has 58 valence electrons. The number of esters is 1. The van der Waals surface area contributed by atoms with Gasteiger partial charge in [0, 0.05) is 6.20 Å². The van der Waals surface area contributed by atoms with Crippen LogP contribution in [0.2, 0.25) is 0 Å². The number of hydrogen-bond acceptors (Lipinski definition) is 4. The maximum atomic E-state index is 10.7. The molecule has 1 heterocycles. The maximum Gasteiger partial charge on any atom is 0.513 e. The van der Waals surface area contributed by atoms with E-state index in [2.05, 4.69) is 14.9 Å². The minimum absolute atomic E-state index is 0.0763. The summed E-state index contributed by atoms with van der Waals surface area (Å²) in [5.74, 6) is -0.939. The first-order valence-electron chi connectivity index (χ1n) is 2.64. The summed E-state index contributed by atoms with van der Waals surface area (Å²) < 4.78 is 3.81. The number of nitrogens with zero attached hydrogens (tertiary/aromatic N) is 1. The highest BCUT2D eigenvalue weighted by Gasteiger charge is 2.11. The maximum absolute atomic E-state index is 10.7. The average Bonchev–Trinajstić information content (AvgIpc) is 2.35. The average molecular weight is 156 g/mol. The van der Waals surface area contributed by atoms with E-state index in [0.717, 1.165) is 0 Å². The van der Waals surface area contributed by atoms with E-state index in [1.807, 2.05) is 0 Å². The quantitative estimate of drug-likeness (QED) is 0.449. The standard InChI is InChI=1S/C5H4N2O4/c8-4(11-5(9)10)3-1-6-7-2-3/h1-2H,(H,6,7)(H,9,10). The van der Waals surface area contributed by atoms with E-state index in [1.165, 1.54) is 12.4 Å². The minimum atomic E-state index is -1.63. The molecule has 11 heavy (non-hydrogen) atoms. The van der Waals surface area contributed by atoms with Gasteiger partial charge < -0.3 is 9.84 Å². The summed E-state index contributed by atoms with van der Waals surface area (Å²) in [4.78, 5) is 20.5. The van der Waals surface area contributed by atoms with Crippen molar-refractivity contribution in [2.75, 3.05) is 0 Å². The lowest BCUT2D eigenvalue weighted by atomic mass is 10.4. The van der Waals surface area contributed by atoms with Crippen molar-refractivity contribution in [3.05, 3.63) is 18.0 Å². The fraction of sp³-hybridized carbons (Fsp3) is 0. The molecule has 1 rings (SSSR count). The van der Waals surface area contributed by atoms with Crippen molar-refractivity contribution < 1.29 is 19.4 Å². The Bertz CT molecular complexity index is 266. The van der Waals surface area contributed by atoms with Gasteiger partial charge in [-0.25, -0.2) is 9.59 Å². The lowest BCUT2D eigenvalue weighted by molar-refractivity contribution is 0.0509. The summed E-state index contributed by atoms with van der Waals surface area (Å²) in [6, 6.07) is 0. The first-order chi connectivity index (χ1) is 5.20. The van der Waals surface area contributed by atoms with E-state index in [4.69, 9.17) is 5.11 Å². The molecule has 0 aliphatic heterocycles. The van der Waals surface area contributed by atoms with E-state index >= 15 is 0 Å². The smallest absolute Gasteiger partial charge is 0.449 e. The van der Waals surface area contributed by atoms with Gasteiger partial charge in [-0.2, -0.15) is 5.10 Å². The van der Waals surface area contributed by atoms with Crippen LogP contribution in [0.1, 0.15) is 10.4 Å². The van der Waals surface area contributed by atoms with Crippen LogP contribution < -0.4 is 0 Å². The van der Waals surface area contributed by atoms with Gasteiger partial charge in [0.15, 0.2) is 0 Å². The van der Waals surface area contributed by atoms with E-state index in [0.29, 0.717) is 0 Å². The van der Waals surface area contributed by atoms with Gasteiger partial charge in [0.2, 0.25) is 0 Å². The molecule has 0 atom stereocenters. The summed E-state index contributed by atoms with van der Waals surface area (Å²) >= 11 is 0. The van der Waals surface area contributed by atoms with E-state index < -0.39 is 12.1 Å². The fourth-order valence-electron chi connectivity index (χ4n) is 0.501. The van der Waals surface area contributed by atoms with Crippen LogP contribution in [0.4, 0.5) is 4.79 Å². The number of aromatic nitrogens is 2. The second-order valence-corrected chi connectivity index (χ2v) is 1.64. The van der Waals surface area contributed by atoms with Gasteiger partial charge in [0.25, 0.3) is 0 Å². The molecule has 0 saturated heterocycles. The molecule has 0 fully saturated rings. The van der Waals surface area contributed by atoms with Crippen molar-refractivity contribution in [3.8, 4) is 0 Å². The van der Waals surface area contributed by atoms with Gasteiger partial charge in [-0.3, -0.25) is 5.10 Å². The number of aromatic amines is 1. The van der Waals surface area contributed by atoms with Crippen molar-refractivity contribution in [1.29, 1.82) is 0 Å². The Hall–Kier alpha value is -1.85. The van der Waals surface area contributed by atoms with Gasteiger partial charge in [-0.1, -0.05) is 0 Å². The van der Waals surface area contributed by atoms with E-state index in [9.17, 15) is 9.59 Å². The van der Waals surface area contributed by atoms with Gasteiger partial charge >= 0.3 is 12.1 Å². The van der Waals surface area contributed by atoms with Gasteiger partial charge in [0.1, 0.15) is 0 Å². The lowest BCUT2D eigenvalue weighted by Gasteiger charge is -1.91. The summed E-state index contributed by atoms with van der Waals surface area (Å²) in [6.45, 7) is 0. The van der Waals surface area contributed by atoms with E-state index in [-0.39, 0.29) is 5.56 Å². The van der Waals surface area contributed by atoms with Crippen molar-refractivity contribution >= 4 is 12.1 Å². The second-order valence-electron chi connectivity index (χ2n) is 1.64. The second kappa shape index (κ2) is 2.82. The van der Waals surface area contributed by atoms with Crippen LogP contribution in [-0.4, -0.2) is 27.4 Å². The SMILES string of the molecule is O=C(O)OC(=O)c1cn[nH]c1. The molecule has 0 spiro atoms. The Morgan fingerprint density at radius 1 is 1.64 bits per heavy atom. The Labute approximate surface area is 60.8 Å². The lowest BCUT2D eigenvalue weighted by Crippen LogP contribution is -2.08. The van der Waals surface area contributed by atoms with Crippen LogP contribution in [0.5, 0.6) is 0 Å². The first kappa shape index (κ1) is 7.26. The number of nitrogens with one attached hydrogen (secondary N) is 1. The Morgan fingerprint density at radius 2 is 2.36 bits per heavy atom. The number of hydrogen-bond donors (Lipinski definition) is 2. The molecule has 0 saturated carbocycles. The summed E-state index contributed by atoms with van der Waals surface area (Å²) in [5, 5.41) is 13.8. The van der Waals surface area contributed by atoms with Crippen LogP contribution in [-0.2, 0) is 4.74 Å². The van der Waals surface area contributed by atoms with Crippen LogP contribution >= 0.6 is 0 Å². The molecular formula is C5H4N2O4. The number of rotatable bonds is 1. The van der Waals surface area contributed by atoms with Crippen LogP contribution in [0.3, 0.4) is 0 Å². The van der Waals surface area contributed by atoms with Crippen LogP contribution in [0.15, 0.2) is 12.4 Å². The molecule has 0 amide bonds. The molecule has 6 heteroatoms. The molecule has 0 aliphatic carbocycles. The molecular weight excluding hydrogens is 152 g/mol. The molecule has 0 unspecified atom stereocenters. The predicted molar refractivity (Wildman–Crippen MR) is 32.0 cm³/mol. The third-order valence-electron chi connectivity index (χ3n) is 0.914. The van der Waals surface area contributed by atoms with Crippen molar-refractivity contribution in [3.63, 3.8) is 0 Å². The third-order valence-corrected chi connectivity index (χ3v) is 0.914. The van der Waals surface area contributed by atoms with Crippen LogP contribution in [0.25, 0.3) is 0 Å². The van der Waals surface area contributed by atoms with E-state index in [1.54, 1.807) is 0 Å². The summed E-state index contributed by atoms with van der Waals surface area (Å²) in [6.07, 6.45) is 0.785. The molecule has 0 aliphatic rings. The molecule has 0 bridgehead atoms. The third kappa shape index (κ3) is 1.78. The topological polar surface area (TPSA) is 92.3 Å². The first-order valence-corrected chi connectivity index (χ1v) is 2.64. The Morgan fingerprint density at radius 3 is 2.82 bits per heavy atom. The Balaban J connectivity index is 2.64. The number of carboxylic acid groups (broad SMARTS) is 1. The van der Waals surface area contributed by atoms with Crippen LogP contribution in [0, 0.1) is 0 Å².